The van der Waals surface area contributed by atoms with Crippen LogP contribution >= 0.6 is 11.3 Å². The predicted molar refractivity (Wildman–Crippen MR) is 79.3 cm³/mol. The Morgan fingerprint density at radius 1 is 1.35 bits per heavy atom. The van der Waals surface area contributed by atoms with Gasteiger partial charge in [-0.05, 0) is 37.0 Å². The lowest BCUT2D eigenvalue weighted by Gasteiger charge is -2.14. The van der Waals surface area contributed by atoms with Crippen LogP contribution in [-0.2, 0) is 23.0 Å². The van der Waals surface area contributed by atoms with Gasteiger partial charge in [-0.15, -0.1) is 11.3 Å². The standard InChI is InChI=1S/C13H18N2O3S2/c1-14-10-11-5-6-13(18-11)20(16,17)15(2)8-7-12-4-3-9-19-12/h3-6,9,14H,7-8,10H2,1-2H3. The lowest BCUT2D eigenvalue weighted by Crippen LogP contribution is -2.28. The van der Waals surface area contributed by atoms with E-state index in [2.05, 4.69) is 5.32 Å². The van der Waals surface area contributed by atoms with Gasteiger partial charge in [0.05, 0.1) is 6.54 Å². The van der Waals surface area contributed by atoms with E-state index in [4.69, 9.17) is 4.42 Å². The molecule has 0 aromatic carbocycles. The first-order chi connectivity index (χ1) is 9.54. The van der Waals surface area contributed by atoms with Crippen LogP contribution < -0.4 is 5.32 Å². The van der Waals surface area contributed by atoms with Gasteiger partial charge in [-0.25, -0.2) is 8.42 Å². The monoisotopic (exact) mass is 314 g/mol. The third-order valence-electron chi connectivity index (χ3n) is 2.91. The minimum atomic E-state index is -3.55. The number of hydrogen-bond acceptors (Lipinski definition) is 5. The van der Waals surface area contributed by atoms with Crippen molar-refractivity contribution in [2.45, 2.75) is 18.1 Å². The van der Waals surface area contributed by atoms with Crippen molar-refractivity contribution in [1.29, 1.82) is 0 Å². The maximum absolute atomic E-state index is 12.3. The zero-order valence-corrected chi connectivity index (χ0v) is 13.1. The topological polar surface area (TPSA) is 62.6 Å². The molecule has 1 N–H and O–H groups in total. The van der Waals surface area contributed by atoms with Gasteiger partial charge in [0.25, 0.3) is 10.0 Å². The van der Waals surface area contributed by atoms with Crippen molar-refractivity contribution in [3.63, 3.8) is 0 Å². The Morgan fingerprint density at radius 3 is 2.80 bits per heavy atom. The van der Waals surface area contributed by atoms with E-state index in [1.165, 1.54) is 15.2 Å². The molecule has 0 aliphatic heterocycles. The predicted octanol–water partition coefficient (Wildman–Crippen LogP) is 1.92. The molecule has 2 aromatic rings. The van der Waals surface area contributed by atoms with Gasteiger partial charge >= 0.3 is 0 Å². The molecule has 0 aliphatic rings. The Morgan fingerprint density at radius 2 is 2.15 bits per heavy atom. The highest BCUT2D eigenvalue weighted by atomic mass is 32.2. The Bertz CT molecular complexity index is 632. The average Bonchev–Trinajstić information content (AvgIpc) is 3.07. The minimum Gasteiger partial charge on any atom is -0.447 e. The largest absolute Gasteiger partial charge is 0.447 e. The second-order valence-electron chi connectivity index (χ2n) is 4.41. The highest BCUT2D eigenvalue weighted by Gasteiger charge is 2.24. The molecule has 5 nitrogen and oxygen atoms in total. The Kier molecular flexibility index (Phi) is 4.98. The fourth-order valence-electron chi connectivity index (χ4n) is 1.76. The number of thiophene rings is 1. The van der Waals surface area contributed by atoms with Crippen molar-refractivity contribution in [3.8, 4) is 0 Å². The normalized spacial score (nSPS) is 12.2. The van der Waals surface area contributed by atoms with Gasteiger partial charge < -0.3 is 9.73 Å². The molecule has 0 bridgehead atoms. The van der Waals surface area contributed by atoms with Crippen LogP contribution in [0.5, 0.6) is 0 Å². The number of sulfonamides is 1. The lowest BCUT2D eigenvalue weighted by atomic mass is 10.3. The number of likely N-dealkylation sites (N-methyl/N-ethyl adjacent to an activating group) is 1. The first kappa shape index (κ1) is 15.2. The van der Waals surface area contributed by atoms with E-state index in [1.807, 2.05) is 17.5 Å². The first-order valence-electron chi connectivity index (χ1n) is 6.26. The van der Waals surface area contributed by atoms with Gasteiger partial charge in [-0.3, -0.25) is 0 Å². The molecule has 0 fully saturated rings. The molecule has 0 aliphatic carbocycles. The van der Waals surface area contributed by atoms with Crippen LogP contribution in [0.1, 0.15) is 10.6 Å². The summed E-state index contributed by atoms with van der Waals surface area (Å²) >= 11 is 1.63. The van der Waals surface area contributed by atoms with Gasteiger partial charge in [0.15, 0.2) is 0 Å². The zero-order valence-electron chi connectivity index (χ0n) is 11.5. The third-order valence-corrected chi connectivity index (χ3v) is 5.57. The SMILES string of the molecule is CNCc1ccc(S(=O)(=O)N(C)CCc2cccs2)o1. The number of rotatable bonds is 7. The van der Waals surface area contributed by atoms with E-state index in [0.717, 1.165) is 0 Å². The van der Waals surface area contributed by atoms with Crippen LogP contribution in [0.4, 0.5) is 0 Å². The van der Waals surface area contributed by atoms with Crippen LogP contribution in [0, 0.1) is 0 Å². The number of nitrogens with zero attached hydrogens (tertiary/aromatic N) is 1. The summed E-state index contributed by atoms with van der Waals surface area (Å²) in [6.07, 6.45) is 0.706. The molecule has 20 heavy (non-hydrogen) atoms. The second kappa shape index (κ2) is 6.53. The summed E-state index contributed by atoms with van der Waals surface area (Å²) in [7, 11) is -0.192. The summed E-state index contributed by atoms with van der Waals surface area (Å²) in [5.74, 6) is 0.609. The Labute approximate surface area is 123 Å². The molecule has 0 saturated carbocycles. The molecule has 7 heteroatoms. The minimum absolute atomic E-state index is 0.00331. The summed E-state index contributed by atoms with van der Waals surface area (Å²) in [5.41, 5.74) is 0. The molecule has 110 valence electrons. The van der Waals surface area contributed by atoms with Crippen LogP contribution in [0.2, 0.25) is 0 Å². The molecule has 0 unspecified atom stereocenters. The quantitative estimate of drug-likeness (QED) is 0.848. The molecule has 2 aromatic heterocycles. The van der Waals surface area contributed by atoms with Gasteiger partial charge in [-0.2, -0.15) is 4.31 Å². The van der Waals surface area contributed by atoms with Crippen molar-refractivity contribution in [2.75, 3.05) is 20.6 Å². The van der Waals surface area contributed by atoms with Crippen LogP contribution in [0.15, 0.2) is 39.2 Å². The smallest absolute Gasteiger partial charge is 0.276 e. The molecular formula is C13H18N2O3S2. The van der Waals surface area contributed by atoms with Crippen molar-refractivity contribution >= 4 is 21.4 Å². The van der Waals surface area contributed by atoms with E-state index in [0.29, 0.717) is 25.3 Å². The number of nitrogens with one attached hydrogen (secondary N) is 1. The number of furan rings is 1. The van der Waals surface area contributed by atoms with E-state index in [9.17, 15) is 8.42 Å². The van der Waals surface area contributed by atoms with E-state index >= 15 is 0 Å². The molecule has 0 amide bonds. The fraction of sp³-hybridized carbons (Fsp3) is 0.385. The molecule has 0 radical (unpaired) electrons. The Balaban J connectivity index is 2.04. The first-order valence-corrected chi connectivity index (χ1v) is 8.58. The Hall–Kier alpha value is -1.15. The van der Waals surface area contributed by atoms with Crippen molar-refractivity contribution in [1.82, 2.24) is 9.62 Å². The lowest BCUT2D eigenvalue weighted by molar-refractivity contribution is 0.384. The van der Waals surface area contributed by atoms with Crippen LogP contribution in [0.25, 0.3) is 0 Å². The molecule has 0 atom stereocenters. The summed E-state index contributed by atoms with van der Waals surface area (Å²) in [6.45, 7) is 0.944. The van der Waals surface area contributed by atoms with Gasteiger partial charge in [0, 0.05) is 18.5 Å². The van der Waals surface area contributed by atoms with Crippen molar-refractivity contribution in [3.05, 3.63) is 40.3 Å². The zero-order chi connectivity index (χ0) is 14.6. The highest BCUT2D eigenvalue weighted by Crippen LogP contribution is 2.18. The molecular weight excluding hydrogens is 296 g/mol. The maximum atomic E-state index is 12.3. The molecule has 2 heterocycles. The van der Waals surface area contributed by atoms with E-state index in [-0.39, 0.29) is 5.09 Å². The van der Waals surface area contributed by atoms with Crippen molar-refractivity contribution in [2.24, 2.45) is 0 Å². The molecule has 0 spiro atoms. The summed E-state index contributed by atoms with van der Waals surface area (Å²) < 4.78 is 31.3. The fourth-order valence-corrected chi connectivity index (χ4v) is 3.55. The van der Waals surface area contributed by atoms with E-state index in [1.54, 1.807) is 31.5 Å². The summed E-state index contributed by atoms with van der Waals surface area (Å²) in [6, 6.07) is 7.15. The average molecular weight is 314 g/mol. The highest BCUT2D eigenvalue weighted by molar-refractivity contribution is 7.89. The maximum Gasteiger partial charge on any atom is 0.276 e. The third kappa shape index (κ3) is 3.49. The van der Waals surface area contributed by atoms with Gasteiger partial charge in [-0.1, -0.05) is 6.07 Å². The van der Waals surface area contributed by atoms with E-state index < -0.39 is 10.0 Å². The molecule has 0 saturated heterocycles. The molecule has 2 rings (SSSR count). The summed E-state index contributed by atoms with van der Waals surface area (Å²) in [4.78, 5) is 1.17. The van der Waals surface area contributed by atoms with Crippen LogP contribution in [0.3, 0.4) is 0 Å². The van der Waals surface area contributed by atoms with Crippen LogP contribution in [-0.4, -0.2) is 33.4 Å². The van der Waals surface area contributed by atoms with Crippen molar-refractivity contribution < 1.29 is 12.8 Å². The summed E-state index contributed by atoms with van der Waals surface area (Å²) in [5, 5.41) is 4.90. The number of hydrogen-bond donors (Lipinski definition) is 1. The van der Waals surface area contributed by atoms with Gasteiger partial charge in [0.1, 0.15) is 5.76 Å². The second-order valence-corrected chi connectivity index (χ2v) is 7.42. The van der Waals surface area contributed by atoms with Gasteiger partial charge in [0.2, 0.25) is 5.09 Å².